The highest BCUT2D eigenvalue weighted by Gasteiger charge is 2.26. The minimum Gasteiger partial charge on any atom is -0.308 e. The summed E-state index contributed by atoms with van der Waals surface area (Å²) in [5.74, 6) is 0. The van der Waals surface area contributed by atoms with Crippen molar-refractivity contribution in [1.82, 2.24) is 0 Å². The van der Waals surface area contributed by atoms with Crippen molar-refractivity contribution in [1.29, 1.82) is 0 Å². The average molecular weight is 792 g/mol. The molecule has 6 rings (SSSR count). The summed E-state index contributed by atoms with van der Waals surface area (Å²) in [6, 6.07) is 36.8. The van der Waals surface area contributed by atoms with Crippen molar-refractivity contribution < 1.29 is 0 Å². The second-order valence-electron chi connectivity index (χ2n) is 17.5. The van der Waals surface area contributed by atoms with E-state index in [1.807, 2.05) is 11.8 Å². The standard InChI is InChI=1S/C56H73NS/c1-7-11-15-19-23-44-33-45(24-20-16-12-8-2)36-48(35-44)50-39-51(49-37-46(25-21-17-13-9-3)34-47(38-49)26-22-18-14-10-4)41-52(40-50)57-53-29-27-42(5)31-55(53)58-56-32-43(6)28-30-54(56)57/h27-41H,7-26H2,1-6H3. The molecule has 0 aromatic heterocycles. The molecule has 5 aromatic rings. The predicted molar refractivity (Wildman–Crippen MR) is 257 cm³/mol. The summed E-state index contributed by atoms with van der Waals surface area (Å²) in [5.41, 5.74) is 17.8. The first-order valence-electron chi connectivity index (χ1n) is 23.5. The van der Waals surface area contributed by atoms with Crippen molar-refractivity contribution in [3.05, 3.63) is 124 Å². The van der Waals surface area contributed by atoms with Crippen LogP contribution in [-0.2, 0) is 25.7 Å². The van der Waals surface area contributed by atoms with Gasteiger partial charge in [0.05, 0.1) is 11.4 Å². The molecule has 0 saturated heterocycles. The quantitative estimate of drug-likeness (QED) is 0.0595. The topological polar surface area (TPSA) is 3.24 Å². The maximum absolute atomic E-state index is 2.56. The van der Waals surface area contributed by atoms with Crippen LogP contribution >= 0.6 is 11.8 Å². The molecule has 1 aliphatic heterocycles. The van der Waals surface area contributed by atoms with Crippen LogP contribution in [-0.4, -0.2) is 0 Å². The number of fused-ring (bicyclic) bond motifs is 2. The van der Waals surface area contributed by atoms with Gasteiger partial charge in [-0.15, -0.1) is 0 Å². The van der Waals surface area contributed by atoms with Gasteiger partial charge < -0.3 is 4.90 Å². The van der Waals surface area contributed by atoms with E-state index >= 15 is 0 Å². The van der Waals surface area contributed by atoms with Crippen molar-refractivity contribution in [3.63, 3.8) is 0 Å². The Bertz CT molecular complexity index is 1850. The molecular weight excluding hydrogens is 719 g/mol. The van der Waals surface area contributed by atoms with E-state index in [1.54, 1.807) is 0 Å². The lowest BCUT2D eigenvalue weighted by molar-refractivity contribution is 0.661. The summed E-state index contributed by atoms with van der Waals surface area (Å²) in [6.45, 7) is 13.7. The Balaban J connectivity index is 1.52. The van der Waals surface area contributed by atoms with E-state index in [0.717, 1.165) is 25.7 Å². The van der Waals surface area contributed by atoms with E-state index in [-0.39, 0.29) is 0 Å². The summed E-state index contributed by atoms with van der Waals surface area (Å²) >= 11 is 1.92. The fourth-order valence-electron chi connectivity index (χ4n) is 8.84. The summed E-state index contributed by atoms with van der Waals surface area (Å²) in [7, 11) is 0. The van der Waals surface area contributed by atoms with Crippen LogP contribution in [0.3, 0.4) is 0 Å². The second-order valence-corrected chi connectivity index (χ2v) is 18.6. The van der Waals surface area contributed by atoms with Gasteiger partial charge in [0.2, 0.25) is 0 Å². The van der Waals surface area contributed by atoms with Crippen molar-refractivity contribution in [2.75, 3.05) is 4.90 Å². The maximum atomic E-state index is 2.56. The van der Waals surface area contributed by atoms with Gasteiger partial charge in [0.25, 0.3) is 0 Å². The number of unbranched alkanes of at least 4 members (excludes halogenated alkanes) is 12. The second kappa shape index (κ2) is 22.6. The zero-order chi connectivity index (χ0) is 40.7. The molecule has 0 spiro atoms. The van der Waals surface area contributed by atoms with Crippen molar-refractivity contribution in [2.24, 2.45) is 0 Å². The fraction of sp³-hybridized carbons (Fsp3) is 0.464. The highest BCUT2D eigenvalue weighted by Crippen LogP contribution is 2.53. The SMILES string of the molecule is CCCCCCc1cc(CCCCCC)cc(-c2cc(-c3cc(CCCCCC)cc(CCCCCC)c3)cc(N3c4ccc(C)cc4Sc4cc(C)ccc43)c2)c1. The predicted octanol–water partition coefficient (Wildman–Crippen LogP) is 18.1. The lowest BCUT2D eigenvalue weighted by atomic mass is 9.90. The summed E-state index contributed by atoms with van der Waals surface area (Å²) in [4.78, 5) is 5.22. The van der Waals surface area contributed by atoms with Gasteiger partial charge in [-0.05, 0) is 163 Å². The van der Waals surface area contributed by atoms with Crippen molar-refractivity contribution in [2.45, 2.75) is 180 Å². The Labute approximate surface area is 358 Å². The summed E-state index contributed by atoms with van der Waals surface area (Å²) in [6.07, 6.45) is 25.3. The number of anilines is 3. The first-order chi connectivity index (χ1) is 28.4. The molecule has 1 heterocycles. The van der Waals surface area contributed by atoms with Gasteiger partial charge in [-0.3, -0.25) is 0 Å². The van der Waals surface area contributed by atoms with Gasteiger partial charge >= 0.3 is 0 Å². The first kappa shape index (κ1) is 43.8. The number of nitrogens with zero attached hydrogens (tertiary/aromatic N) is 1. The molecule has 0 saturated carbocycles. The van der Waals surface area contributed by atoms with Crippen LogP contribution in [0.4, 0.5) is 17.1 Å². The largest absolute Gasteiger partial charge is 0.308 e. The molecule has 308 valence electrons. The van der Waals surface area contributed by atoms with Crippen LogP contribution in [0.15, 0.2) is 101 Å². The van der Waals surface area contributed by atoms with Crippen LogP contribution in [0, 0.1) is 13.8 Å². The molecule has 0 atom stereocenters. The third-order valence-corrected chi connectivity index (χ3v) is 13.2. The van der Waals surface area contributed by atoms with Gasteiger partial charge in [0.1, 0.15) is 0 Å². The van der Waals surface area contributed by atoms with Crippen LogP contribution in [0.5, 0.6) is 0 Å². The highest BCUT2D eigenvalue weighted by molar-refractivity contribution is 7.99. The van der Waals surface area contributed by atoms with Crippen molar-refractivity contribution >= 4 is 28.8 Å². The minimum atomic E-state index is 1.16. The van der Waals surface area contributed by atoms with Crippen LogP contribution < -0.4 is 4.90 Å². The Morgan fingerprint density at radius 1 is 0.362 bits per heavy atom. The Morgan fingerprint density at radius 2 is 0.707 bits per heavy atom. The molecular formula is C56H73NS. The lowest BCUT2D eigenvalue weighted by Gasteiger charge is -2.34. The minimum absolute atomic E-state index is 1.16. The number of hydrogen-bond acceptors (Lipinski definition) is 2. The smallest absolute Gasteiger partial charge is 0.0601 e. The van der Waals surface area contributed by atoms with E-state index in [0.29, 0.717) is 0 Å². The van der Waals surface area contributed by atoms with E-state index in [2.05, 4.69) is 137 Å². The third kappa shape index (κ3) is 12.2. The van der Waals surface area contributed by atoms with Crippen LogP contribution in [0.2, 0.25) is 0 Å². The Morgan fingerprint density at radius 3 is 1.05 bits per heavy atom. The number of aryl methyl sites for hydroxylation is 6. The van der Waals surface area contributed by atoms with Gasteiger partial charge in [0, 0.05) is 15.5 Å². The Hall–Kier alpha value is -3.75. The molecule has 0 aliphatic carbocycles. The first-order valence-corrected chi connectivity index (χ1v) is 24.3. The summed E-state index contributed by atoms with van der Waals surface area (Å²) < 4.78 is 0. The summed E-state index contributed by atoms with van der Waals surface area (Å²) in [5, 5.41) is 0. The molecule has 0 amide bonds. The van der Waals surface area contributed by atoms with E-state index in [1.165, 1.54) is 185 Å². The van der Waals surface area contributed by atoms with E-state index in [9.17, 15) is 0 Å². The van der Waals surface area contributed by atoms with Crippen LogP contribution in [0.1, 0.15) is 164 Å². The zero-order valence-electron chi connectivity index (χ0n) is 37.2. The molecule has 0 bridgehead atoms. The molecule has 0 radical (unpaired) electrons. The van der Waals surface area contributed by atoms with E-state index < -0.39 is 0 Å². The van der Waals surface area contributed by atoms with Gasteiger partial charge in [-0.1, -0.05) is 165 Å². The maximum Gasteiger partial charge on any atom is 0.0601 e. The number of hydrogen-bond donors (Lipinski definition) is 0. The molecule has 58 heavy (non-hydrogen) atoms. The highest BCUT2D eigenvalue weighted by atomic mass is 32.2. The molecule has 0 fully saturated rings. The molecule has 2 heteroatoms. The van der Waals surface area contributed by atoms with E-state index in [4.69, 9.17) is 0 Å². The number of rotatable bonds is 23. The number of benzene rings is 5. The van der Waals surface area contributed by atoms with Crippen LogP contribution in [0.25, 0.3) is 22.3 Å². The monoisotopic (exact) mass is 792 g/mol. The van der Waals surface area contributed by atoms with Crippen molar-refractivity contribution in [3.8, 4) is 22.3 Å². The normalized spacial score (nSPS) is 12.2. The zero-order valence-corrected chi connectivity index (χ0v) is 38.0. The molecule has 5 aromatic carbocycles. The van der Waals surface area contributed by atoms with Gasteiger partial charge in [0.15, 0.2) is 0 Å². The third-order valence-electron chi connectivity index (χ3n) is 12.2. The Kier molecular flexibility index (Phi) is 17.1. The molecule has 0 N–H and O–H groups in total. The van der Waals surface area contributed by atoms with Gasteiger partial charge in [-0.2, -0.15) is 0 Å². The molecule has 0 unspecified atom stereocenters. The van der Waals surface area contributed by atoms with Gasteiger partial charge in [-0.25, -0.2) is 0 Å². The molecule has 1 aliphatic rings. The lowest BCUT2D eigenvalue weighted by Crippen LogP contribution is -2.15. The average Bonchev–Trinajstić information content (AvgIpc) is 3.23. The fourth-order valence-corrected chi connectivity index (χ4v) is 10.1. The molecule has 1 nitrogen and oxygen atoms in total.